The topological polar surface area (TPSA) is 24.1 Å². The van der Waals surface area contributed by atoms with E-state index in [1.165, 1.54) is 19.3 Å². The molecule has 0 bridgehead atoms. The molecule has 3 heteroatoms. The molecule has 3 unspecified atom stereocenters. The lowest BCUT2D eigenvalue weighted by molar-refractivity contribution is 0.247. The first-order valence-corrected chi connectivity index (χ1v) is 5.52. The number of hydrogen-bond acceptors (Lipinski definition) is 1. The van der Waals surface area contributed by atoms with Crippen molar-refractivity contribution in [1.29, 1.82) is 0 Å². The van der Waals surface area contributed by atoms with Crippen LogP contribution in [0.2, 0.25) is 0 Å². The number of rotatable bonds is 1. The summed E-state index contributed by atoms with van der Waals surface area (Å²) in [6.45, 7) is 4.65. The molecule has 13 heavy (non-hydrogen) atoms. The maximum atomic E-state index is 5.10. The van der Waals surface area contributed by atoms with Gasteiger partial charge in [-0.1, -0.05) is 13.8 Å². The Morgan fingerprint density at radius 2 is 2.00 bits per heavy atom. The minimum absolute atomic E-state index is 0.580. The van der Waals surface area contributed by atoms with E-state index in [1.807, 2.05) is 7.05 Å². The van der Waals surface area contributed by atoms with E-state index in [0.29, 0.717) is 6.04 Å². The standard InChI is InChI=1S/C10H20N2S/c1-7-4-5-9(8(2)6-7)12-10(13)11-3/h7-9H,4-6H2,1-3H3,(H2,11,12,13). The lowest BCUT2D eigenvalue weighted by Crippen LogP contribution is -2.45. The van der Waals surface area contributed by atoms with Gasteiger partial charge in [0.2, 0.25) is 0 Å². The summed E-state index contributed by atoms with van der Waals surface area (Å²) in [5.41, 5.74) is 0. The van der Waals surface area contributed by atoms with Gasteiger partial charge in [-0.2, -0.15) is 0 Å². The van der Waals surface area contributed by atoms with E-state index in [2.05, 4.69) is 24.5 Å². The van der Waals surface area contributed by atoms with Gasteiger partial charge >= 0.3 is 0 Å². The van der Waals surface area contributed by atoms with Crippen LogP contribution in [0.1, 0.15) is 33.1 Å². The fraction of sp³-hybridized carbons (Fsp3) is 0.900. The Balaban J connectivity index is 2.38. The summed E-state index contributed by atoms with van der Waals surface area (Å²) in [6, 6.07) is 0.580. The van der Waals surface area contributed by atoms with E-state index in [-0.39, 0.29) is 0 Å². The van der Waals surface area contributed by atoms with Gasteiger partial charge in [0.1, 0.15) is 0 Å². The van der Waals surface area contributed by atoms with Crippen LogP contribution < -0.4 is 10.6 Å². The van der Waals surface area contributed by atoms with Crippen molar-refractivity contribution < 1.29 is 0 Å². The largest absolute Gasteiger partial charge is 0.366 e. The average molecular weight is 200 g/mol. The van der Waals surface area contributed by atoms with Gasteiger partial charge in [-0.3, -0.25) is 0 Å². The Labute approximate surface area is 86.5 Å². The maximum absolute atomic E-state index is 5.10. The molecule has 76 valence electrons. The van der Waals surface area contributed by atoms with Gasteiger partial charge in [-0.05, 0) is 43.3 Å². The predicted octanol–water partition coefficient (Wildman–Crippen LogP) is 1.90. The van der Waals surface area contributed by atoms with Crippen molar-refractivity contribution in [2.24, 2.45) is 11.8 Å². The van der Waals surface area contributed by atoms with Crippen molar-refractivity contribution >= 4 is 17.3 Å². The highest BCUT2D eigenvalue weighted by Crippen LogP contribution is 2.28. The fourth-order valence-corrected chi connectivity index (χ4v) is 2.27. The molecule has 0 radical (unpaired) electrons. The quantitative estimate of drug-likeness (QED) is 0.632. The van der Waals surface area contributed by atoms with Gasteiger partial charge in [0.15, 0.2) is 5.11 Å². The molecule has 0 aromatic carbocycles. The lowest BCUT2D eigenvalue weighted by Gasteiger charge is -2.33. The Morgan fingerprint density at radius 3 is 2.54 bits per heavy atom. The van der Waals surface area contributed by atoms with E-state index in [1.54, 1.807) is 0 Å². The van der Waals surface area contributed by atoms with Crippen LogP contribution in [0.5, 0.6) is 0 Å². The summed E-state index contributed by atoms with van der Waals surface area (Å²) in [7, 11) is 1.87. The fourth-order valence-electron chi connectivity index (χ4n) is 2.12. The molecule has 0 aromatic rings. The van der Waals surface area contributed by atoms with E-state index < -0.39 is 0 Å². The second-order valence-electron chi connectivity index (χ2n) is 4.23. The number of thiocarbonyl (C=S) groups is 1. The van der Waals surface area contributed by atoms with Gasteiger partial charge < -0.3 is 10.6 Å². The molecule has 0 heterocycles. The smallest absolute Gasteiger partial charge is 0.166 e. The summed E-state index contributed by atoms with van der Waals surface area (Å²) >= 11 is 5.10. The Morgan fingerprint density at radius 1 is 1.31 bits per heavy atom. The van der Waals surface area contributed by atoms with Crippen molar-refractivity contribution in [3.05, 3.63) is 0 Å². The van der Waals surface area contributed by atoms with Crippen LogP contribution in [0.3, 0.4) is 0 Å². The molecule has 2 N–H and O–H groups in total. The van der Waals surface area contributed by atoms with Gasteiger partial charge in [0.25, 0.3) is 0 Å². The van der Waals surface area contributed by atoms with E-state index in [9.17, 15) is 0 Å². The molecule has 1 fully saturated rings. The number of nitrogens with one attached hydrogen (secondary N) is 2. The van der Waals surface area contributed by atoms with E-state index in [0.717, 1.165) is 16.9 Å². The molecule has 3 atom stereocenters. The molecular weight excluding hydrogens is 180 g/mol. The molecule has 1 saturated carbocycles. The van der Waals surface area contributed by atoms with Gasteiger partial charge in [0.05, 0.1) is 0 Å². The minimum Gasteiger partial charge on any atom is -0.366 e. The Bertz CT molecular complexity index is 182. The first kappa shape index (κ1) is 10.8. The molecule has 0 amide bonds. The highest BCUT2D eigenvalue weighted by atomic mass is 32.1. The van der Waals surface area contributed by atoms with Crippen LogP contribution in [0.25, 0.3) is 0 Å². The van der Waals surface area contributed by atoms with Crippen LogP contribution in [0.15, 0.2) is 0 Å². The third-order valence-corrected chi connectivity index (χ3v) is 3.30. The molecule has 0 spiro atoms. The molecule has 0 aromatic heterocycles. The third-order valence-electron chi connectivity index (χ3n) is 2.98. The maximum Gasteiger partial charge on any atom is 0.166 e. The zero-order valence-electron chi connectivity index (χ0n) is 8.76. The van der Waals surface area contributed by atoms with Crippen LogP contribution in [0, 0.1) is 11.8 Å². The second kappa shape index (κ2) is 4.80. The van der Waals surface area contributed by atoms with Gasteiger partial charge in [0, 0.05) is 13.1 Å². The zero-order chi connectivity index (χ0) is 9.84. The molecule has 0 aliphatic heterocycles. The second-order valence-corrected chi connectivity index (χ2v) is 4.63. The lowest BCUT2D eigenvalue weighted by atomic mass is 9.80. The summed E-state index contributed by atoms with van der Waals surface area (Å²) in [4.78, 5) is 0. The van der Waals surface area contributed by atoms with Crippen LogP contribution in [0.4, 0.5) is 0 Å². The van der Waals surface area contributed by atoms with Crippen molar-refractivity contribution in [2.45, 2.75) is 39.2 Å². The van der Waals surface area contributed by atoms with Crippen LogP contribution >= 0.6 is 12.2 Å². The average Bonchev–Trinajstić information content (AvgIpc) is 2.09. The van der Waals surface area contributed by atoms with Gasteiger partial charge in [-0.15, -0.1) is 0 Å². The molecule has 2 nitrogen and oxygen atoms in total. The van der Waals surface area contributed by atoms with E-state index >= 15 is 0 Å². The van der Waals surface area contributed by atoms with Gasteiger partial charge in [-0.25, -0.2) is 0 Å². The summed E-state index contributed by atoms with van der Waals surface area (Å²) in [5, 5.41) is 7.11. The monoisotopic (exact) mass is 200 g/mol. The normalized spacial score (nSPS) is 33.9. The molecular formula is C10H20N2S. The first-order valence-electron chi connectivity index (χ1n) is 5.11. The highest BCUT2D eigenvalue weighted by Gasteiger charge is 2.25. The SMILES string of the molecule is CNC(=S)NC1CCC(C)CC1C. The minimum atomic E-state index is 0.580. The summed E-state index contributed by atoms with van der Waals surface area (Å²) in [5.74, 6) is 1.63. The first-order chi connectivity index (χ1) is 6.13. The Hall–Kier alpha value is -0.310. The van der Waals surface area contributed by atoms with Crippen molar-refractivity contribution in [3.8, 4) is 0 Å². The molecule has 1 aliphatic rings. The molecule has 0 saturated heterocycles. The summed E-state index contributed by atoms with van der Waals surface area (Å²) in [6.07, 6.45) is 3.91. The van der Waals surface area contributed by atoms with Crippen molar-refractivity contribution in [2.75, 3.05) is 7.05 Å². The molecule has 1 rings (SSSR count). The van der Waals surface area contributed by atoms with Crippen LogP contribution in [-0.2, 0) is 0 Å². The van der Waals surface area contributed by atoms with Crippen molar-refractivity contribution in [1.82, 2.24) is 10.6 Å². The third kappa shape index (κ3) is 3.14. The zero-order valence-corrected chi connectivity index (χ0v) is 9.58. The van der Waals surface area contributed by atoms with Crippen LogP contribution in [-0.4, -0.2) is 18.2 Å². The number of hydrogen-bond donors (Lipinski definition) is 2. The molecule has 1 aliphatic carbocycles. The Kier molecular flexibility index (Phi) is 3.97. The van der Waals surface area contributed by atoms with E-state index in [4.69, 9.17) is 12.2 Å². The predicted molar refractivity (Wildman–Crippen MR) is 60.8 cm³/mol. The summed E-state index contributed by atoms with van der Waals surface area (Å²) < 4.78 is 0. The highest BCUT2D eigenvalue weighted by molar-refractivity contribution is 7.80. The van der Waals surface area contributed by atoms with Crippen molar-refractivity contribution in [3.63, 3.8) is 0 Å².